The van der Waals surface area contributed by atoms with Crippen LogP contribution in [0.2, 0.25) is 0 Å². The molecular formula is C15H14Br2FN. The fourth-order valence-electron chi connectivity index (χ4n) is 2.07. The van der Waals surface area contributed by atoms with Crippen molar-refractivity contribution in [3.05, 3.63) is 68.4 Å². The Hall–Kier alpha value is -0.710. The van der Waals surface area contributed by atoms with Gasteiger partial charge < -0.3 is 5.73 Å². The molecule has 0 amide bonds. The number of benzene rings is 2. The molecule has 1 nitrogen and oxygen atoms in total. The van der Waals surface area contributed by atoms with Crippen molar-refractivity contribution in [2.24, 2.45) is 5.73 Å². The first kappa shape index (κ1) is 14.7. The summed E-state index contributed by atoms with van der Waals surface area (Å²) < 4.78 is 15.1. The first-order valence-corrected chi connectivity index (χ1v) is 7.56. The summed E-state index contributed by atoms with van der Waals surface area (Å²) in [6, 6.07) is 12.9. The Morgan fingerprint density at radius 1 is 0.947 bits per heavy atom. The van der Waals surface area contributed by atoms with Gasteiger partial charge in [-0.3, -0.25) is 0 Å². The topological polar surface area (TPSA) is 26.0 Å². The highest BCUT2D eigenvalue weighted by molar-refractivity contribution is 9.10. The summed E-state index contributed by atoms with van der Waals surface area (Å²) in [5.74, 6) is -0.237. The molecule has 2 aromatic carbocycles. The molecule has 0 saturated carbocycles. The quantitative estimate of drug-likeness (QED) is 0.824. The molecule has 0 heterocycles. The van der Waals surface area contributed by atoms with Crippen LogP contribution in [0.3, 0.4) is 0 Å². The molecule has 0 fully saturated rings. The second kappa shape index (κ2) is 6.64. The SMILES string of the molecule is NC(Cc1cccc(Br)c1)Cc1cc(F)cc(Br)c1. The van der Waals surface area contributed by atoms with Gasteiger partial charge in [-0.2, -0.15) is 0 Å². The molecule has 0 saturated heterocycles. The maximum atomic E-state index is 13.3. The van der Waals surface area contributed by atoms with E-state index >= 15 is 0 Å². The van der Waals surface area contributed by atoms with Crippen LogP contribution in [0.4, 0.5) is 4.39 Å². The highest BCUT2D eigenvalue weighted by atomic mass is 79.9. The number of hydrogen-bond acceptors (Lipinski definition) is 1. The predicted octanol–water partition coefficient (Wildman–Crippen LogP) is 4.46. The summed E-state index contributed by atoms with van der Waals surface area (Å²) in [7, 11) is 0. The van der Waals surface area contributed by atoms with Crippen LogP contribution in [0.5, 0.6) is 0 Å². The molecule has 1 unspecified atom stereocenters. The molecule has 0 aliphatic carbocycles. The summed E-state index contributed by atoms with van der Waals surface area (Å²) in [4.78, 5) is 0. The third-order valence-electron chi connectivity index (χ3n) is 2.81. The average Bonchev–Trinajstić information content (AvgIpc) is 2.26. The molecule has 0 aliphatic rings. The predicted molar refractivity (Wildman–Crippen MR) is 83.6 cm³/mol. The van der Waals surface area contributed by atoms with Crippen LogP contribution in [0.15, 0.2) is 51.4 Å². The van der Waals surface area contributed by atoms with Crippen molar-refractivity contribution in [1.29, 1.82) is 0 Å². The van der Waals surface area contributed by atoms with Crippen molar-refractivity contribution in [3.63, 3.8) is 0 Å². The smallest absolute Gasteiger partial charge is 0.124 e. The van der Waals surface area contributed by atoms with Gasteiger partial charge in [-0.05, 0) is 54.3 Å². The van der Waals surface area contributed by atoms with E-state index in [4.69, 9.17) is 5.73 Å². The summed E-state index contributed by atoms with van der Waals surface area (Å²) in [6.07, 6.45) is 1.43. The van der Waals surface area contributed by atoms with E-state index in [0.29, 0.717) is 6.42 Å². The van der Waals surface area contributed by atoms with Gasteiger partial charge in [0.15, 0.2) is 0 Å². The molecule has 2 aromatic rings. The maximum absolute atomic E-state index is 13.3. The number of hydrogen-bond donors (Lipinski definition) is 1. The number of nitrogens with two attached hydrogens (primary N) is 1. The van der Waals surface area contributed by atoms with Gasteiger partial charge in [0.05, 0.1) is 0 Å². The average molecular weight is 387 g/mol. The second-order valence-electron chi connectivity index (χ2n) is 4.58. The Kier molecular flexibility index (Phi) is 5.13. The van der Waals surface area contributed by atoms with Crippen LogP contribution in [0.25, 0.3) is 0 Å². The summed E-state index contributed by atoms with van der Waals surface area (Å²) in [5, 5.41) is 0. The molecule has 19 heavy (non-hydrogen) atoms. The molecule has 1 atom stereocenters. The lowest BCUT2D eigenvalue weighted by atomic mass is 10.00. The Morgan fingerprint density at radius 2 is 1.63 bits per heavy atom. The van der Waals surface area contributed by atoms with Crippen molar-refractivity contribution < 1.29 is 4.39 Å². The van der Waals surface area contributed by atoms with Gasteiger partial charge in [0.1, 0.15) is 5.82 Å². The minimum Gasteiger partial charge on any atom is -0.327 e. The molecule has 0 spiro atoms. The van der Waals surface area contributed by atoms with Crippen LogP contribution < -0.4 is 5.73 Å². The highest BCUT2D eigenvalue weighted by Gasteiger charge is 2.07. The molecule has 100 valence electrons. The van der Waals surface area contributed by atoms with Crippen molar-refractivity contribution in [2.45, 2.75) is 18.9 Å². The van der Waals surface area contributed by atoms with Crippen molar-refractivity contribution in [1.82, 2.24) is 0 Å². The molecular weight excluding hydrogens is 373 g/mol. The van der Waals surface area contributed by atoms with Gasteiger partial charge in [0.25, 0.3) is 0 Å². The zero-order valence-corrected chi connectivity index (χ0v) is 13.4. The largest absolute Gasteiger partial charge is 0.327 e. The lowest BCUT2D eigenvalue weighted by Gasteiger charge is -2.12. The molecule has 0 radical (unpaired) electrons. The fourth-order valence-corrected chi connectivity index (χ4v) is 3.03. The lowest BCUT2D eigenvalue weighted by Crippen LogP contribution is -2.25. The van der Waals surface area contributed by atoms with E-state index in [1.807, 2.05) is 24.3 Å². The van der Waals surface area contributed by atoms with Crippen LogP contribution in [-0.4, -0.2) is 6.04 Å². The van der Waals surface area contributed by atoms with E-state index in [2.05, 4.69) is 37.9 Å². The molecule has 0 aliphatic heterocycles. The third kappa shape index (κ3) is 4.71. The highest BCUT2D eigenvalue weighted by Crippen LogP contribution is 2.18. The van der Waals surface area contributed by atoms with Gasteiger partial charge in [-0.25, -0.2) is 4.39 Å². The van der Waals surface area contributed by atoms with E-state index in [-0.39, 0.29) is 11.9 Å². The summed E-state index contributed by atoms with van der Waals surface area (Å²) in [6.45, 7) is 0. The Bertz CT molecular complexity index is 552. The standard InChI is InChI=1S/C15H14Br2FN/c16-12-3-1-2-10(4-12)7-15(19)8-11-5-13(17)9-14(18)6-11/h1-6,9,15H,7-8,19H2. The van der Waals surface area contributed by atoms with Crippen LogP contribution in [0, 0.1) is 5.82 Å². The van der Waals surface area contributed by atoms with E-state index < -0.39 is 0 Å². The second-order valence-corrected chi connectivity index (χ2v) is 6.41. The van der Waals surface area contributed by atoms with Crippen LogP contribution in [-0.2, 0) is 12.8 Å². The lowest BCUT2D eigenvalue weighted by molar-refractivity contribution is 0.617. The van der Waals surface area contributed by atoms with Crippen molar-refractivity contribution in [2.75, 3.05) is 0 Å². The van der Waals surface area contributed by atoms with Gasteiger partial charge in [-0.1, -0.05) is 44.0 Å². The van der Waals surface area contributed by atoms with Crippen LogP contribution >= 0.6 is 31.9 Å². The first-order valence-electron chi connectivity index (χ1n) is 5.98. The van der Waals surface area contributed by atoms with E-state index in [9.17, 15) is 4.39 Å². The summed E-state index contributed by atoms with van der Waals surface area (Å²) >= 11 is 6.73. The minimum atomic E-state index is -0.237. The maximum Gasteiger partial charge on any atom is 0.124 e. The molecule has 2 rings (SSSR count). The molecule has 0 aromatic heterocycles. The fraction of sp³-hybridized carbons (Fsp3) is 0.200. The summed E-state index contributed by atoms with van der Waals surface area (Å²) in [5.41, 5.74) is 8.22. The normalized spacial score (nSPS) is 12.4. The van der Waals surface area contributed by atoms with Gasteiger partial charge in [-0.15, -0.1) is 0 Å². The van der Waals surface area contributed by atoms with Crippen LogP contribution in [0.1, 0.15) is 11.1 Å². The Labute approximate surface area is 129 Å². The third-order valence-corrected chi connectivity index (χ3v) is 3.76. The van der Waals surface area contributed by atoms with E-state index in [1.165, 1.54) is 17.7 Å². The molecule has 4 heteroatoms. The van der Waals surface area contributed by atoms with Crippen molar-refractivity contribution in [3.8, 4) is 0 Å². The zero-order valence-electron chi connectivity index (χ0n) is 10.2. The number of rotatable bonds is 4. The zero-order chi connectivity index (χ0) is 13.8. The molecule has 0 bridgehead atoms. The minimum absolute atomic E-state index is 0.0250. The van der Waals surface area contributed by atoms with Gasteiger partial charge in [0, 0.05) is 15.0 Å². The Morgan fingerprint density at radius 3 is 2.32 bits per heavy atom. The number of halogens is 3. The first-order chi connectivity index (χ1) is 9.02. The van der Waals surface area contributed by atoms with E-state index in [1.54, 1.807) is 0 Å². The molecule has 2 N–H and O–H groups in total. The Balaban J connectivity index is 2.03. The van der Waals surface area contributed by atoms with E-state index in [0.717, 1.165) is 20.9 Å². The monoisotopic (exact) mass is 385 g/mol. The van der Waals surface area contributed by atoms with Crippen molar-refractivity contribution >= 4 is 31.9 Å². The van der Waals surface area contributed by atoms with Gasteiger partial charge in [0.2, 0.25) is 0 Å². The van der Waals surface area contributed by atoms with Gasteiger partial charge >= 0.3 is 0 Å².